The van der Waals surface area contributed by atoms with Crippen LogP contribution in [0.25, 0.3) is 11.4 Å². The Morgan fingerprint density at radius 3 is 2.17 bits per heavy atom. The summed E-state index contributed by atoms with van der Waals surface area (Å²) in [5.41, 5.74) is 2.89. The third-order valence-corrected chi connectivity index (χ3v) is 5.18. The van der Waals surface area contributed by atoms with Gasteiger partial charge in [-0.1, -0.05) is 54.6 Å². The number of anilines is 3. The Hall–Kier alpha value is -4.97. The van der Waals surface area contributed by atoms with Crippen LogP contribution in [0, 0.1) is 0 Å². The van der Waals surface area contributed by atoms with Crippen molar-refractivity contribution >= 4 is 23.1 Å². The van der Waals surface area contributed by atoms with Crippen molar-refractivity contribution in [1.29, 1.82) is 0 Å². The molecule has 0 bridgehead atoms. The van der Waals surface area contributed by atoms with Crippen molar-refractivity contribution in [3.8, 4) is 22.9 Å². The van der Waals surface area contributed by atoms with Crippen LogP contribution in [-0.4, -0.2) is 15.9 Å². The second-order valence-electron chi connectivity index (χ2n) is 7.73. The molecule has 0 fully saturated rings. The number of nitrogens with one attached hydrogen (secondary N) is 2. The number of nitrogens with zero attached hydrogens (tertiary/aromatic N) is 2. The molecule has 0 unspecified atom stereocenters. The van der Waals surface area contributed by atoms with Crippen LogP contribution in [0.3, 0.4) is 0 Å². The maximum absolute atomic E-state index is 12.8. The first-order valence-electron chi connectivity index (χ1n) is 11.1. The SMILES string of the molecule is O=C(Nc1ccc(Oc2ccccc2)cc1)c1cccc(Nc2ccnc(-c3ccccc3)n2)c1. The number of rotatable bonds is 7. The standard InChI is InChI=1S/C29H22N4O2/c34-29(32-23-14-16-26(17-15-23)35-25-12-5-2-6-13-25)22-10-7-11-24(20-22)31-27-18-19-30-28(33-27)21-8-3-1-4-9-21/h1-20H,(H,32,34)(H,30,31,33). The number of aromatic nitrogens is 2. The summed E-state index contributed by atoms with van der Waals surface area (Å²) in [6.45, 7) is 0. The van der Waals surface area contributed by atoms with E-state index < -0.39 is 0 Å². The molecule has 1 heterocycles. The Morgan fingerprint density at radius 2 is 1.40 bits per heavy atom. The normalized spacial score (nSPS) is 10.4. The van der Waals surface area contributed by atoms with Gasteiger partial charge in [0.25, 0.3) is 5.91 Å². The highest BCUT2D eigenvalue weighted by Gasteiger charge is 2.09. The van der Waals surface area contributed by atoms with Crippen molar-refractivity contribution in [1.82, 2.24) is 9.97 Å². The van der Waals surface area contributed by atoms with Gasteiger partial charge in [0.15, 0.2) is 5.82 Å². The van der Waals surface area contributed by atoms with Gasteiger partial charge in [-0.05, 0) is 60.7 Å². The second kappa shape index (κ2) is 10.3. The minimum atomic E-state index is -0.210. The highest BCUT2D eigenvalue weighted by molar-refractivity contribution is 6.04. The first kappa shape index (κ1) is 21.9. The van der Waals surface area contributed by atoms with Crippen molar-refractivity contribution in [3.63, 3.8) is 0 Å². The topological polar surface area (TPSA) is 76.1 Å². The molecule has 1 amide bonds. The molecule has 5 aromatic rings. The van der Waals surface area contributed by atoms with Gasteiger partial charge < -0.3 is 15.4 Å². The molecule has 1 aromatic heterocycles. The number of carbonyl (C=O) groups is 1. The van der Waals surface area contributed by atoms with Gasteiger partial charge in [-0.3, -0.25) is 4.79 Å². The van der Waals surface area contributed by atoms with Crippen LogP contribution >= 0.6 is 0 Å². The van der Waals surface area contributed by atoms with Crippen LogP contribution < -0.4 is 15.4 Å². The van der Waals surface area contributed by atoms with Crippen LogP contribution in [0.2, 0.25) is 0 Å². The van der Waals surface area contributed by atoms with Gasteiger partial charge >= 0.3 is 0 Å². The number of hydrogen-bond donors (Lipinski definition) is 2. The average molecular weight is 459 g/mol. The van der Waals surface area contributed by atoms with Crippen LogP contribution in [0.4, 0.5) is 17.2 Å². The molecule has 0 aliphatic heterocycles. The summed E-state index contributed by atoms with van der Waals surface area (Å²) in [4.78, 5) is 21.8. The van der Waals surface area contributed by atoms with Gasteiger partial charge in [0, 0.05) is 28.7 Å². The van der Waals surface area contributed by atoms with Gasteiger partial charge in [0.2, 0.25) is 0 Å². The van der Waals surface area contributed by atoms with E-state index >= 15 is 0 Å². The van der Waals surface area contributed by atoms with Crippen molar-refractivity contribution in [3.05, 3.63) is 127 Å². The highest BCUT2D eigenvalue weighted by Crippen LogP contribution is 2.24. The summed E-state index contributed by atoms with van der Waals surface area (Å²) < 4.78 is 5.80. The van der Waals surface area contributed by atoms with Gasteiger partial charge in [0.1, 0.15) is 17.3 Å². The van der Waals surface area contributed by atoms with E-state index in [0.29, 0.717) is 28.6 Å². The lowest BCUT2D eigenvalue weighted by Gasteiger charge is -2.10. The molecule has 170 valence electrons. The lowest BCUT2D eigenvalue weighted by atomic mass is 10.1. The predicted octanol–water partition coefficient (Wildman–Crippen LogP) is 6.93. The Kier molecular flexibility index (Phi) is 6.44. The smallest absolute Gasteiger partial charge is 0.255 e. The number of amides is 1. The van der Waals surface area contributed by atoms with E-state index in [1.165, 1.54) is 0 Å². The quantitative estimate of drug-likeness (QED) is 0.276. The lowest BCUT2D eigenvalue weighted by Crippen LogP contribution is -2.12. The molecular weight excluding hydrogens is 436 g/mol. The summed E-state index contributed by atoms with van der Waals surface area (Å²) in [5.74, 6) is 2.51. The van der Waals surface area contributed by atoms with Crippen LogP contribution in [0.5, 0.6) is 11.5 Å². The Balaban J connectivity index is 1.25. The lowest BCUT2D eigenvalue weighted by molar-refractivity contribution is 0.102. The molecular formula is C29H22N4O2. The molecule has 0 radical (unpaired) electrons. The van der Waals surface area contributed by atoms with Gasteiger partial charge in [0.05, 0.1) is 0 Å². The maximum atomic E-state index is 12.8. The average Bonchev–Trinajstić information content (AvgIpc) is 2.91. The molecule has 0 spiro atoms. The molecule has 0 atom stereocenters. The molecule has 0 aliphatic rings. The molecule has 4 aromatic carbocycles. The molecule has 2 N–H and O–H groups in total. The summed E-state index contributed by atoms with van der Waals surface area (Å²) in [6, 6.07) is 35.6. The summed E-state index contributed by atoms with van der Waals surface area (Å²) in [5, 5.41) is 6.18. The molecule has 0 saturated carbocycles. The summed E-state index contributed by atoms with van der Waals surface area (Å²) >= 11 is 0. The fourth-order valence-corrected chi connectivity index (χ4v) is 3.47. The zero-order valence-corrected chi connectivity index (χ0v) is 18.8. The monoisotopic (exact) mass is 458 g/mol. The largest absolute Gasteiger partial charge is 0.457 e. The van der Waals surface area contributed by atoms with Crippen LogP contribution in [0.15, 0.2) is 121 Å². The van der Waals surface area contributed by atoms with Gasteiger partial charge in [-0.2, -0.15) is 0 Å². The summed E-state index contributed by atoms with van der Waals surface area (Å²) in [7, 11) is 0. The Morgan fingerprint density at radius 1 is 0.686 bits per heavy atom. The van der Waals surface area contributed by atoms with E-state index in [-0.39, 0.29) is 5.91 Å². The number of carbonyl (C=O) groups excluding carboxylic acids is 1. The number of ether oxygens (including phenoxy) is 1. The Bertz CT molecular complexity index is 1420. The van der Waals surface area contributed by atoms with Crippen molar-refractivity contribution < 1.29 is 9.53 Å². The zero-order valence-electron chi connectivity index (χ0n) is 18.8. The van der Waals surface area contributed by atoms with Gasteiger partial charge in [-0.25, -0.2) is 9.97 Å². The van der Waals surface area contributed by atoms with E-state index in [2.05, 4.69) is 20.6 Å². The minimum Gasteiger partial charge on any atom is -0.457 e. The van der Waals surface area contributed by atoms with E-state index in [0.717, 1.165) is 17.0 Å². The molecule has 5 rings (SSSR count). The van der Waals surface area contributed by atoms with E-state index in [1.807, 2.05) is 97.1 Å². The Labute approximate surface area is 203 Å². The summed E-state index contributed by atoms with van der Waals surface area (Å²) in [6.07, 6.45) is 1.71. The first-order valence-corrected chi connectivity index (χ1v) is 11.1. The van der Waals surface area contributed by atoms with Gasteiger partial charge in [-0.15, -0.1) is 0 Å². The number of para-hydroxylation sites is 1. The number of hydrogen-bond acceptors (Lipinski definition) is 5. The maximum Gasteiger partial charge on any atom is 0.255 e. The van der Waals surface area contributed by atoms with Crippen LogP contribution in [0.1, 0.15) is 10.4 Å². The highest BCUT2D eigenvalue weighted by atomic mass is 16.5. The minimum absolute atomic E-state index is 0.210. The molecule has 6 heteroatoms. The van der Waals surface area contributed by atoms with E-state index in [1.54, 1.807) is 24.4 Å². The van der Waals surface area contributed by atoms with Crippen molar-refractivity contribution in [2.45, 2.75) is 0 Å². The second-order valence-corrected chi connectivity index (χ2v) is 7.73. The van der Waals surface area contributed by atoms with E-state index in [4.69, 9.17) is 4.74 Å². The zero-order chi connectivity index (χ0) is 23.9. The predicted molar refractivity (Wildman–Crippen MR) is 138 cm³/mol. The third kappa shape index (κ3) is 5.69. The van der Waals surface area contributed by atoms with Crippen LogP contribution in [-0.2, 0) is 0 Å². The van der Waals surface area contributed by atoms with E-state index in [9.17, 15) is 4.79 Å². The fraction of sp³-hybridized carbons (Fsp3) is 0. The fourth-order valence-electron chi connectivity index (χ4n) is 3.47. The molecule has 6 nitrogen and oxygen atoms in total. The molecule has 35 heavy (non-hydrogen) atoms. The third-order valence-electron chi connectivity index (χ3n) is 5.18. The first-order chi connectivity index (χ1) is 17.2. The molecule has 0 saturated heterocycles. The van der Waals surface area contributed by atoms with Crippen molar-refractivity contribution in [2.24, 2.45) is 0 Å². The molecule has 0 aliphatic carbocycles. The van der Waals surface area contributed by atoms with Crippen molar-refractivity contribution in [2.75, 3.05) is 10.6 Å². The number of benzene rings is 4.